The van der Waals surface area contributed by atoms with Crippen LogP contribution in [0.5, 0.6) is 0 Å². The van der Waals surface area contributed by atoms with E-state index in [0.29, 0.717) is 5.56 Å². The van der Waals surface area contributed by atoms with Gasteiger partial charge in [-0.2, -0.15) is 4.31 Å². The number of aromatic amines is 1. The zero-order chi connectivity index (χ0) is 20.5. The smallest absolute Gasteiger partial charge is 0.252 e. The van der Waals surface area contributed by atoms with E-state index in [9.17, 15) is 18.3 Å². The molecule has 0 aliphatic carbocycles. The van der Waals surface area contributed by atoms with Gasteiger partial charge in [0, 0.05) is 18.7 Å². The fraction of sp³-hybridized carbons (Fsp3) is 0.250. The summed E-state index contributed by atoms with van der Waals surface area (Å²) in [7, 11) is -3.99. The lowest BCUT2D eigenvalue weighted by atomic mass is 10.0. The molecule has 8 heteroatoms. The van der Waals surface area contributed by atoms with E-state index < -0.39 is 10.0 Å². The molecule has 0 atom stereocenters. The van der Waals surface area contributed by atoms with Crippen LogP contribution in [0.2, 0.25) is 5.02 Å². The first-order valence-electron chi connectivity index (χ1n) is 8.73. The van der Waals surface area contributed by atoms with Crippen LogP contribution in [-0.4, -0.2) is 36.0 Å². The van der Waals surface area contributed by atoms with Crippen molar-refractivity contribution in [3.05, 3.63) is 74.5 Å². The Morgan fingerprint density at radius 1 is 1.14 bits per heavy atom. The average molecular weight is 421 g/mol. The van der Waals surface area contributed by atoms with Gasteiger partial charge in [0.05, 0.1) is 17.1 Å². The van der Waals surface area contributed by atoms with Crippen molar-refractivity contribution in [1.82, 2.24) is 9.29 Å². The van der Waals surface area contributed by atoms with Crippen LogP contribution in [0.4, 0.5) is 0 Å². The maximum atomic E-state index is 13.0. The number of hydrogen-bond donors (Lipinski definition) is 2. The SMILES string of the molecule is Cc1ccc2cc(CN(CCO)S(=O)(=O)c3ccccc3Cl)c(=O)[nH]c2c1C. The van der Waals surface area contributed by atoms with Crippen molar-refractivity contribution in [2.24, 2.45) is 0 Å². The molecule has 1 heterocycles. The van der Waals surface area contributed by atoms with Gasteiger partial charge in [0.2, 0.25) is 10.0 Å². The van der Waals surface area contributed by atoms with Crippen LogP contribution in [0.25, 0.3) is 10.9 Å². The molecule has 148 valence electrons. The van der Waals surface area contributed by atoms with Gasteiger partial charge in [-0.25, -0.2) is 8.42 Å². The van der Waals surface area contributed by atoms with Crippen LogP contribution in [-0.2, 0) is 16.6 Å². The third-order valence-corrected chi connectivity index (χ3v) is 7.12. The second-order valence-corrected chi connectivity index (χ2v) is 8.90. The number of halogens is 1. The van der Waals surface area contributed by atoms with Gasteiger partial charge in [0.1, 0.15) is 4.90 Å². The minimum absolute atomic E-state index is 0.0613. The normalized spacial score (nSPS) is 12.0. The predicted molar refractivity (Wildman–Crippen MR) is 110 cm³/mol. The van der Waals surface area contributed by atoms with E-state index in [-0.39, 0.29) is 35.2 Å². The maximum Gasteiger partial charge on any atom is 0.252 e. The number of aliphatic hydroxyl groups is 1. The molecule has 2 N–H and O–H groups in total. The number of nitrogens with one attached hydrogen (secondary N) is 1. The topological polar surface area (TPSA) is 90.5 Å². The Labute approximate surface area is 168 Å². The molecule has 3 aromatic rings. The number of aromatic nitrogens is 1. The Morgan fingerprint density at radius 2 is 1.86 bits per heavy atom. The Hall–Kier alpha value is -2.19. The largest absolute Gasteiger partial charge is 0.395 e. The molecule has 0 aliphatic rings. The van der Waals surface area contributed by atoms with Crippen molar-refractivity contribution in [3.8, 4) is 0 Å². The van der Waals surface area contributed by atoms with Gasteiger partial charge >= 0.3 is 0 Å². The lowest BCUT2D eigenvalue weighted by Gasteiger charge is -2.22. The highest BCUT2D eigenvalue weighted by atomic mass is 35.5. The molecule has 0 radical (unpaired) electrons. The molecule has 28 heavy (non-hydrogen) atoms. The lowest BCUT2D eigenvalue weighted by Crippen LogP contribution is -2.35. The minimum Gasteiger partial charge on any atom is -0.395 e. The van der Waals surface area contributed by atoms with Crippen molar-refractivity contribution >= 4 is 32.5 Å². The summed E-state index contributed by atoms with van der Waals surface area (Å²) in [5.74, 6) is 0. The van der Waals surface area contributed by atoms with Gasteiger partial charge in [-0.1, -0.05) is 35.9 Å². The molecule has 0 aliphatic heterocycles. The highest BCUT2D eigenvalue weighted by Gasteiger charge is 2.27. The minimum atomic E-state index is -3.99. The van der Waals surface area contributed by atoms with Crippen molar-refractivity contribution in [1.29, 1.82) is 0 Å². The summed E-state index contributed by atoms with van der Waals surface area (Å²) < 4.78 is 27.1. The summed E-state index contributed by atoms with van der Waals surface area (Å²) in [6.07, 6.45) is 0. The van der Waals surface area contributed by atoms with E-state index in [0.717, 1.165) is 26.3 Å². The summed E-state index contributed by atoms with van der Waals surface area (Å²) >= 11 is 6.06. The van der Waals surface area contributed by atoms with Crippen LogP contribution < -0.4 is 5.56 Å². The fourth-order valence-corrected chi connectivity index (χ4v) is 4.97. The predicted octanol–water partition coefficient (Wildman–Crippen LogP) is 2.98. The highest BCUT2D eigenvalue weighted by Crippen LogP contribution is 2.25. The average Bonchev–Trinajstić information content (AvgIpc) is 2.66. The van der Waals surface area contributed by atoms with E-state index in [1.54, 1.807) is 18.2 Å². The zero-order valence-corrected chi connectivity index (χ0v) is 17.1. The van der Waals surface area contributed by atoms with E-state index in [1.165, 1.54) is 12.1 Å². The van der Waals surface area contributed by atoms with Gasteiger partial charge in [0.25, 0.3) is 5.56 Å². The Balaban J connectivity index is 2.06. The summed E-state index contributed by atoms with van der Waals surface area (Å²) in [4.78, 5) is 15.4. The number of nitrogens with zero attached hydrogens (tertiary/aromatic N) is 1. The Kier molecular flexibility index (Phi) is 5.90. The summed E-state index contributed by atoms with van der Waals surface area (Å²) in [6.45, 7) is 3.17. The summed E-state index contributed by atoms with van der Waals surface area (Å²) in [5, 5.41) is 10.3. The molecule has 0 amide bonds. The Morgan fingerprint density at radius 3 is 2.54 bits per heavy atom. The monoisotopic (exact) mass is 420 g/mol. The van der Waals surface area contributed by atoms with Gasteiger partial charge in [-0.3, -0.25) is 4.79 Å². The number of fused-ring (bicyclic) bond motifs is 1. The summed E-state index contributed by atoms with van der Waals surface area (Å²) in [6, 6.07) is 11.6. The second kappa shape index (κ2) is 8.05. The highest BCUT2D eigenvalue weighted by molar-refractivity contribution is 7.89. The first kappa shape index (κ1) is 20.5. The first-order chi connectivity index (χ1) is 13.3. The van der Waals surface area contributed by atoms with Crippen LogP contribution in [0.3, 0.4) is 0 Å². The molecule has 0 bridgehead atoms. The molecular formula is C20H21ClN2O4S. The molecule has 0 saturated heterocycles. The number of aryl methyl sites for hydroxylation is 2. The van der Waals surface area contributed by atoms with E-state index in [4.69, 9.17) is 11.6 Å². The standard InChI is InChI=1S/C20H21ClN2O4S/c1-13-7-8-15-11-16(20(25)22-19(15)14(13)2)12-23(9-10-24)28(26,27)18-6-4-3-5-17(18)21/h3-8,11,24H,9-10,12H2,1-2H3,(H,22,25). The van der Waals surface area contributed by atoms with Crippen LogP contribution in [0.15, 0.2) is 52.2 Å². The number of sulfonamides is 1. The van der Waals surface area contributed by atoms with Gasteiger partial charge in [0.15, 0.2) is 0 Å². The van der Waals surface area contributed by atoms with Gasteiger partial charge in [-0.05, 0) is 48.6 Å². The van der Waals surface area contributed by atoms with Crippen LogP contribution in [0.1, 0.15) is 16.7 Å². The fourth-order valence-electron chi connectivity index (χ4n) is 3.07. The third kappa shape index (κ3) is 3.84. The zero-order valence-electron chi connectivity index (χ0n) is 15.6. The number of hydrogen-bond acceptors (Lipinski definition) is 4. The van der Waals surface area contributed by atoms with Crippen LogP contribution in [0, 0.1) is 13.8 Å². The van der Waals surface area contributed by atoms with E-state index in [2.05, 4.69) is 4.98 Å². The van der Waals surface area contributed by atoms with Crippen molar-refractivity contribution in [2.45, 2.75) is 25.3 Å². The lowest BCUT2D eigenvalue weighted by molar-refractivity contribution is 0.251. The number of aliphatic hydroxyl groups excluding tert-OH is 1. The van der Waals surface area contributed by atoms with Crippen molar-refractivity contribution < 1.29 is 13.5 Å². The maximum absolute atomic E-state index is 13.0. The quantitative estimate of drug-likeness (QED) is 0.641. The summed E-state index contributed by atoms with van der Waals surface area (Å²) in [5.41, 5.74) is 2.69. The molecule has 0 spiro atoms. The number of H-pyrrole nitrogens is 1. The molecule has 0 fully saturated rings. The van der Waals surface area contributed by atoms with Crippen LogP contribution >= 0.6 is 11.6 Å². The molecule has 1 aromatic heterocycles. The number of benzene rings is 2. The molecule has 0 unspecified atom stereocenters. The van der Waals surface area contributed by atoms with E-state index in [1.807, 2.05) is 26.0 Å². The molecule has 2 aromatic carbocycles. The number of rotatable bonds is 6. The molecular weight excluding hydrogens is 400 g/mol. The molecule has 6 nitrogen and oxygen atoms in total. The van der Waals surface area contributed by atoms with Gasteiger partial charge < -0.3 is 10.1 Å². The van der Waals surface area contributed by atoms with E-state index >= 15 is 0 Å². The molecule has 0 saturated carbocycles. The second-order valence-electron chi connectivity index (χ2n) is 6.59. The Bertz CT molecular complexity index is 1190. The molecule has 3 rings (SSSR count). The third-order valence-electron chi connectivity index (χ3n) is 4.78. The first-order valence-corrected chi connectivity index (χ1v) is 10.5. The van der Waals surface area contributed by atoms with Crippen molar-refractivity contribution in [2.75, 3.05) is 13.2 Å². The van der Waals surface area contributed by atoms with Gasteiger partial charge in [-0.15, -0.1) is 0 Å². The van der Waals surface area contributed by atoms with Crippen molar-refractivity contribution in [3.63, 3.8) is 0 Å². The number of pyridine rings is 1.